The molecule has 2 amide bonds. The second kappa shape index (κ2) is 7.23. The molecule has 3 unspecified atom stereocenters. The van der Waals surface area contributed by atoms with Crippen molar-refractivity contribution in [3.05, 3.63) is 28.7 Å². The lowest BCUT2D eigenvalue weighted by atomic mass is 9.94. The predicted molar refractivity (Wildman–Crippen MR) is 97.6 cm³/mol. The Morgan fingerprint density at radius 2 is 2.08 bits per heavy atom. The Morgan fingerprint density at radius 1 is 1.33 bits per heavy atom. The van der Waals surface area contributed by atoms with Crippen molar-refractivity contribution in [2.45, 2.75) is 44.7 Å². The molecule has 5 nitrogen and oxygen atoms in total. The number of nitrogens with zero attached hydrogens (tertiary/aromatic N) is 2. The lowest BCUT2D eigenvalue weighted by molar-refractivity contribution is -0.139. The number of nitrogens with two attached hydrogens (primary N) is 1. The first-order chi connectivity index (χ1) is 11.5. The molecule has 0 radical (unpaired) electrons. The minimum absolute atomic E-state index is 0.00889. The number of carbonyl (C=O) groups excluding carboxylic acids is 2. The number of para-hydroxylation sites is 1. The number of anilines is 1. The number of likely N-dealkylation sites (tertiary alicyclic amines) is 1. The third-order valence-electron chi connectivity index (χ3n) is 5.06. The molecule has 2 N–H and O–H groups in total. The molecule has 0 bridgehead atoms. The summed E-state index contributed by atoms with van der Waals surface area (Å²) in [7, 11) is 0. The molecule has 0 aromatic heterocycles. The average molecular weight is 394 g/mol. The zero-order chi connectivity index (χ0) is 17.3. The van der Waals surface area contributed by atoms with E-state index in [-0.39, 0.29) is 36.2 Å². The summed E-state index contributed by atoms with van der Waals surface area (Å²) < 4.78 is 0.873. The summed E-state index contributed by atoms with van der Waals surface area (Å²) in [5.74, 6) is -0.182. The van der Waals surface area contributed by atoms with E-state index in [2.05, 4.69) is 15.9 Å². The summed E-state index contributed by atoms with van der Waals surface area (Å²) in [5, 5.41) is 0. The molecule has 0 spiro atoms. The maximum Gasteiger partial charge on any atom is 0.228 e. The fourth-order valence-electron chi connectivity index (χ4n) is 3.79. The number of benzene rings is 1. The molecule has 2 fully saturated rings. The first kappa shape index (κ1) is 17.4. The molecule has 24 heavy (non-hydrogen) atoms. The molecule has 2 aliphatic heterocycles. The zero-order valence-electron chi connectivity index (χ0n) is 14.0. The van der Waals surface area contributed by atoms with Gasteiger partial charge in [-0.2, -0.15) is 0 Å². The highest BCUT2D eigenvalue weighted by atomic mass is 79.9. The van der Waals surface area contributed by atoms with Crippen LogP contribution >= 0.6 is 15.9 Å². The predicted octanol–water partition coefficient (Wildman–Crippen LogP) is 2.53. The smallest absolute Gasteiger partial charge is 0.228 e. The van der Waals surface area contributed by atoms with E-state index >= 15 is 0 Å². The SMILES string of the molecule is CC(N)C1CCCCN1C(=O)C1CC(=O)N(c2ccccc2Br)C1. The van der Waals surface area contributed by atoms with Gasteiger partial charge in [0.25, 0.3) is 0 Å². The molecular weight excluding hydrogens is 370 g/mol. The minimum atomic E-state index is -0.274. The molecule has 0 aliphatic carbocycles. The topological polar surface area (TPSA) is 66.6 Å². The van der Waals surface area contributed by atoms with Gasteiger partial charge in [0.15, 0.2) is 0 Å². The van der Waals surface area contributed by atoms with Crippen molar-refractivity contribution in [1.82, 2.24) is 4.90 Å². The van der Waals surface area contributed by atoms with Gasteiger partial charge >= 0.3 is 0 Å². The lowest BCUT2D eigenvalue weighted by Gasteiger charge is -2.39. The summed E-state index contributed by atoms with van der Waals surface area (Å²) in [6.07, 6.45) is 3.37. The Hall–Kier alpha value is -1.40. The van der Waals surface area contributed by atoms with Crippen LogP contribution in [0.15, 0.2) is 28.7 Å². The average Bonchev–Trinajstić information content (AvgIpc) is 2.96. The van der Waals surface area contributed by atoms with E-state index in [0.29, 0.717) is 6.54 Å². The van der Waals surface area contributed by atoms with E-state index in [1.807, 2.05) is 36.1 Å². The fraction of sp³-hybridized carbons (Fsp3) is 0.556. The van der Waals surface area contributed by atoms with Crippen LogP contribution in [0.4, 0.5) is 5.69 Å². The van der Waals surface area contributed by atoms with Crippen LogP contribution in [0.25, 0.3) is 0 Å². The summed E-state index contributed by atoms with van der Waals surface area (Å²) in [5.41, 5.74) is 6.92. The van der Waals surface area contributed by atoms with Gasteiger partial charge in [0.05, 0.1) is 11.6 Å². The molecule has 2 saturated heterocycles. The number of halogens is 1. The van der Waals surface area contributed by atoms with E-state index in [4.69, 9.17) is 5.73 Å². The van der Waals surface area contributed by atoms with E-state index in [1.165, 1.54) is 0 Å². The summed E-state index contributed by atoms with van der Waals surface area (Å²) in [6, 6.07) is 7.69. The largest absolute Gasteiger partial charge is 0.338 e. The molecular formula is C18H24BrN3O2. The van der Waals surface area contributed by atoms with E-state index in [0.717, 1.165) is 36.0 Å². The number of hydrogen-bond acceptors (Lipinski definition) is 3. The first-order valence-electron chi connectivity index (χ1n) is 8.60. The molecule has 130 valence electrons. The highest BCUT2D eigenvalue weighted by Crippen LogP contribution is 2.33. The number of carbonyl (C=O) groups is 2. The van der Waals surface area contributed by atoms with Crippen LogP contribution in [0.3, 0.4) is 0 Å². The third-order valence-corrected chi connectivity index (χ3v) is 5.73. The summed E-state index contributed by atoms with van der Waals surface area (Å²) >= 11 is 3.49. The van der Waals surface area contributed by atoms with Gasteiger partial charge in [0, 0.05) is 36.1 Å². The van der Waals surface area contributed by atoms with Crippen molar-refractivity contribution in [1.29, 1.82) is 0 Å². The quantitative estimate of drug-likeness (QED) is 0.857. The Bertz CT molecular complexity index is 634. The van der Waals surface area contributed by atoms with Crippen molar-refractivity contribution >= 4 is 33.4 Å². The second-order valence-corrected chi connectivity index (χ2v) is 7.67. The van der Waals surface area contributed by atoms with Crippen LogP contribution in [0.2, 0.25) is 0 Å². The maximum atomic E-state index is 13.0. The molecule has 0 saturated carbocycles. The Labute approximate surface area is 151 Å². The van der Waals surface area contributed by atoms with Crippen LogP contribution < -0.4 is 10.6 Å². The monoisotopic (exact) mass is 393 g/mol. The van der Waals surface area contributed by atoms with E-state index < -0.39 is 0 Å². The van der Waals surface area contributed by atoms with Crippen molar-refractivity contribution < 1.29 is 9.59 Å². The Kier molecular flexibility index (Phi) is 5.25. The van der Waals surface area contributed by atoms with Gasteiger partial charge in [-0.3, -0.25) is 9.59 Å². The normalized spacial score (nSPS) is 25.9. The van der Waals surface area contributed by atoms with Crippen LogP contribution in [-0.4, -0.2) is 41.9 Å². The number of hydrogen-bond donors (Lipinski definition) is 1. The second-order valence-electron chi connectivity index (χ2n) is 6.81. The van der Waals surface area contributed by atoms with Crippen LogP contribution in [0.5, 0.6) is 0 Å². The summed E-state index contributed by atoms with van der Waals surface area (Å²) in [4.78, 5) is 29.1. The van der Waals surface area contributed by atoms with Gasteiger partial charge in [-0.1, -0.05) is 12.1 Å². The third kappa shape index (κ3) is 3.35. The Morgan fingerprint density at radius 3 is 2.79 bits per heavy atom. The van der Waals surface area contributed by atoms with Gasteiger partial charge in [0.1, 0.15) is 0 Å². The number of amides is 2. The Balaban J connectivity index is 1.75. The number of rotatable bonds is 3. The molecule has 1 aromatic rings. The van der Waals surface area contributed by atoms with Crippen molar-refractivity contribution in [2.75, 3.05) is 18.0 Å². The lowest BCUT2D eigenvalue weighted by Crippen LogP contribution is -2.53. The highest BCUT2D eigenvalue weighted by Gasteiger charge is 2.40. The fourth-order valence-corrected chi connectivity index (χ4v) is 4.29. The molecule has 1 aromatic carbocycles. The van der Waals surface area contributed by atoms with Gasteiger partial charge in [-0.15, -0.1) is 0 Å². The van der Waals surface area contributed by atoms with Crippen molar-refractivity contribution in [3.8, 4) is 0 Å². The zero-order valence-corrected chi connectivity index (χ0v) is 15.5. The van der Waals surface area contributed by atoms with E-state index in [9.17, 15) is 9.59 Å². The molecule has 3 atom stereocenters. The molecule has 6 heteroatoms. The molecule has 2 aliphatic rings. The van der Waals surface area contributed by atoms with Crippen molar-refractivity contribution in [2.24, 2.45) is 11.7 Å². The van der Waals surface area contributed by atoms with Crippen LogP contribution in [0.1, 0.15) is 32.6 Å². The standard InChI is InChI=1S/C18H24BrN3O2/c1-12(20)15-7-4-5-9-21(15)18(24)13-10-17(23)22(11-13)16-8-3-2-6-14(16)19/h2-3,6,8,12-13,15H,4-5,7,9-11,20H2,1H3. The van der Waals surface area contributed by atoms with Gasteiger partial charge in [-0.05, 0) is 54.2 Å². The van der Waals surface area contributed by atoms with E-state index in [1.54, 1.807) is 4.90 Å². The summed E-state index contributed by atoms with van der Waals surface area (Å²) in [6.45, 7) is 3.16. The molecule has 3 rings (SSSR count). The van der Waals surface area contributed by atoms with Gasteiger partial charge in [0.2, 0.25) is 11.8 Å². The van der Waals surface area contributed by atoms with Crippen LogP contribution in [0, 0.1) is 5.92 Å². The van der Waals surface area contributed by atoms with Crippen molar-refractivity contribution in [3.63, 3.8) is 0 Å². The van der Waals surface area contributed by atoms with Gasteiger partial charge in [-0.25, -0.2) is 0 Å². The first-order valence-corrected chi connectivity index (χ1v) is 9.39. The maximum absolute atomic E-state index is 13.0. The minimum Gasteiger partial charge on any atom is -0.338 e. The highest BCUT2D eigenvalue weighted by molar-refractivity contribution is 9.10. The van der Waals surface area contributed by atoms with Crippen LogP contribution in [-0.2, 0) is 9.59 Å². The molecule has 2 heterocycles. The number of piperidine rings is 1. The van der Waals surface area contributed by atoms with Gasteiger partial charge < -0.3 is 15.5 Å².